The summed E-state index contributed by atoms with van der Waals surface area (Å²) in [6.45, 7) is 6.27. The molecule has 5 aromatic rings. The lowest BCUT2D eigenvalue weighted by Crippen LogP contribution is -2.20. The number of benzene rings is 3. The Morgan fingerprint density at radius 2 is 1.65 bits per heavy atom. The molecular formula is C28H23IN4O. The van der Waals surface area contributed by atoms with Crippen molar-refractivity contribution in [3.05, 3.63) is 115 Å². The lowest BCUT2D eigenvalue weighted by molar-refractivity contribution is 0.829. The highest BCUT2D eigenvalue weighted by Gasteiger charge is 2.14. The van der Waals surface area contributed by atoms with Gasteiger partial charge in [0.2, 0.25) is 0 Å². The summed E-state index contributed by atoms with van der Waals surface area (Å²) in [6.07, 6.45) is 1.75. The molecule has 2 heterocycles. The SMILES string of the molecule is Cc1cc(-n2c(C)cc(C=Nn3c(-c4ccccc4)nc4ccccc4c3=O)c2C)ccc1I. The van der Waals surface area contributed by atoms with Crippen molar-refractivity contribution < 1.29 is 0 Å². The molecule has 0 N–H and O–H groups in total. The van der Waals surface area contributed by atoms with Crippen molar-refractivity contribution in [2.45, 2.75) is 20.8 Å². The lowest BCUT2D eigenvalue weighted by atomic mass is 10.2. The molecule has 5 nitrogen and oxygen atoms in total. The van der Waals surface area contributed by atoms with E-state index < -0.39 is 0 Å². The zero-order chi connectivity index (χ0) is 23.8. The molecule has 0 spiro atoms. The maximum Gasteiger partial charge on any atom is 0.282 e. The van der Waals surface area contributed by atoms with Crippen LogP contribution in [0.1, 0.15) is 22.5 Å². The summed E-state index contributed by atoms with van der Waals surface area (Å²) in [5.74, 6) is 0.516. The Bertz CT molecular complexity index is 1610. The van der Waals surface area contributed by atoms with Crippen molar-refractivity contribution >= 4 is 39.7 Å². The molecular weight excluding hydrogens is 535 g/mol. The van der Waals surface area contributed by atoms with Crippen LogP contribution in [0.4, 0.5) is 0 Å². The van der Waals surface area contributed by atoms with Gasteiger partial charge in [0.25, 0.3) is 5.56 Å². The molecule has 0 fully saturated rings. The molecule has 0 atom stereocenters. The number of aryl methyl sites for hydroxylation is 2. The maximum atomic E-state index is 13.4. The average Bonchev–Trinajstić information content (AvgIpc) is 3.13. The van der Waals surface area contributed by atoms with Gasteiger partial charge < -0.3 is 4.57 Å². The molecule has 168 valence electrons. The number of para-hydroxylation sites is 1. The Morgan fingerprint density at radius 3 is 2.41 bits per heavy atom. The van der Waals surface area contributed by atoms with E-state index >= 15 is 0 Å². The number of nitrogens with zero attached hydrogens (tertiary/aromatic N) is 4. The molecule has 0 bridgehead atoms. The zero-order valence-corrected chi connectivity index (χ0v) is 21.3. The largest absolute Gasteiger partial charge is 0.318 e. The van der Waals surface area contributed by atoms with E-state index in [0.717, 1.165) is 28.2 Å². The van der Waals surface area contributed by atoms with Crippen molar-refractivity contribution in [3.8, 4) is 17.1 Å². The first-order valence-electron chi connectivity index (χ1n) is 11.0. The Morgan fingerprint density at radius 1 is 0.912 bits per heavy atom. The normalized spacial score (nSPS) is 11.5. The van der Waals surface area contributed by atoms with Crippen molar-refractivity contribution in [1.29, 1.82) is 0 Å². The van der Waals surface area contributed by atoms with Crippen LogP contribution < -0.4 is 5.56 Å². The van der Waals surface area contributed by atoms with Crippen molar-refractivity contribution in [2.75, 3.05) is 0 Å². The molecule has 0 aliphatic heterocycles. The molecule has 0 unspecified atom stereocenters. The fourth-order valence-corrected chi connectivity index (χ4v) is 4.54. The Balaban J connectivity index is 1.65. The first kappa shape index (κ1) is 22.3. The van der Waals surface area contributed by atoms with Gasteiger partial charge in [-0.3, -0.25) is 4.79 Å². The molecule has 3 aromatic carbocycles. The smallest absolute Gasteiger partial charge is 0.282 e. The highest BCUT2D eigenvalue weighted by molar-refractivity contribution is 14.1. The summed E-state index contributed by atoms with van der Waals surface area (Å²) in [5, 5.41) is 5.19. The number of halogens is 1. The number of hydrogen-bond donors (Lipinski definition) is 0. The van der Waals surface area contributed by atoms with Crippen LogP contribution in [0.2, 0.25) is 0 Å². The molecule has 0 aliphatic carbocycles. The van der Waals surface area contributed by atoms with E-state index in [9.17, 15) is 4.79 Å². The Kier molecular flexibility index (Phi) is 5.91. The first-order chi connectivity index (χ1) is 16.4. The first-order valence-corrected chi connectivity index (χ1v) is 12.1. The number of rotatable bonds is 4. The summed E-state index contributed by atoms with van der Waals surface area (Å²) >= 11 is 2.35. The third-order valence-electron chi connectivity index (χ3n) is 5.97. The lowest BCUT2D eigenvalue weighted by Gasteiger charge is -2.11. The molecule has 34 heavy (non-hydrogen) atoms. The summed E-state index contributed by atoms with van der Waals surface area (Å²) in [7, 11) is 0. The van der Waals surface area contributed by atoms with E-state index in [1.807, 2.05) is 48.5 Å². The Hall–Kier alpha value is -3.52. The van der Waals surface area contributed by atoms with Crippen molar-refractivity contribution in [2.24, 2.45) is 5.10 Å². The minimum Gasteiger partial charge on any atom is -0.318 e. The number of aromatic nitrogens is 3. The molecule has 5 rings (SSSR count). The van der Waals surface area contributed by atoms with Crippen molar-refractivity contribution in [1.82, 2.24) is 14.2 Å². The van der Waals surface area contributed by atoms with Crippen LogP contribution in [0.15, 0.2) is 88.8 Å². The van der Waals surface area contributed by atoms with Gasteiger partial charge >= 0.3 is 0 Å². The van der Waals surface area contributed by atoms with E-state index in [1.165, 1.54) is 13.8 Å². The summed E-state index contributed by atoms with van der Waals surface area (Å²) in [5.41, 5.74) is 6.77. The quantitative estimate of drug-likeness (QED) is 0.193. The van der Waals surface area contributed by atoms with Gasteiger partial charge in [0.15, 0.2) is 5.82 Å². The second-order valence-corrected chi connectivity index (χ2v) is 9.44. The topological polar surface area (TPSA) is 52.2 Å². The fraction of sp³-hybridized carbons (Fsp3) is 0.107. The average molecular weight is 558 g/mol. The Labute approximate surface area is 211 Å². The summed E-state index contributed by atoms with van der Waals surface area (Å²) < 4.78 is 4.85. The van der Waals surface area contributed by atoms with Gasteiger partial charge in [0.1, 0.15) is 0 Å². The molecule has 6 heteroatoms. The molecule has 0 saturated heterocycles. The fourth-order valence-electron chi connectivity index (χ4n) is 4.21. The van der Waals surface area contributed by atoms with Crippen molar-refractivity contribution in [3.63, 3.8) is 0 Å². The minimum atomic E-state index is -0.192. The molecule has 2 aromatic heterocycles. The van der Waals surface area contributed by atoms with Crippen LogP contribution >= 0.6 is 22.6 Å². The number of hydrogen-bond acceptors (Lipinski definition) is 3. The van der Waals surface area contributed by atoms with Gasteiger partial charge in [-0.15, -0.1) is 0 Å². The highest BCUT2D eigenvalue weighted by atomic mass is 127. The predicted molar refractivity (Wildman–Crippen MR) is 147 cm³/mol. The van der Waals surface area contributed by atoms with Crippen LogP contribution in [0.25, 0.3) is 28.0 Å². The summed E-state index contributed by atoms with van der Waals surface area (Å²) in [6, 6.07) is 25.6. The zero-order valence-electron chi connectivity index (χ0n) is 19.2. The van der Waals surface area contributed by atoms with E-state index in [1.54, 1.807) is 12.3 Å². The standard InChI is InChI=1S/C28H23IN4O/c1-18-15-23(13-14-25(18)29)32-19(2)16-22(20(32)3)17-30-33-27(21-9-5-4-6-10-21)31-26-12-8-7-11-24(26)28(33)34/h4-17H,1-3H3. The second-order valence-electron chi connectivity index (χ2n) is 8.28. The number of fused-ring (bicyclic) bond motifs is 1. The van der Waals surface area contributed by atoms with Gasteiger partial charge in [0.05, 0.1) is 17.1 Å². The van der Waals surface area contributed by atoms with E-state index in [4.69, 9.17) is 4.98 Å². The maximum absolute atomic E-state index is 13.4. The monoisotopic (exact) mass is 558 g/mol. The van der Waals surface area contributed by atoms with Crippen LogP contribution in [-0.4, -0.2) is 20.4 Å². The molecule has 0 radical (unpaired) electrons. The van der Waals surface area contributed by atoms with Crippen LogP contribution in [0.3, 0.4) is 0 Å². The summed E-state index contributed by atoms with van der Waals surface area (Å²) in [4.78, 5) is 18.2. The van der Waals surface area contributed by atoms with Gasteiger partial charge in [-0.2, -0.15) is 9.78 Å². The minimum absolute atomic E-state index is 0.192. The molecule has 0 saturated carbocycles. The third-order valence-corrected chi connectivity index (χ3v) is 7.18. The van der Waals surface area contributed by atoms with Crippen LogP contribution in [0, 0.1) is 24.3 Å². The predicted octanol–water partition coefficient (Wildman–Crippen LogP) is 6.27. The molecule has 0 aliphatic rings. The highest BCUT2D eigenvalue weighted by Crippen LogP contribution is 2.23. The third kappa shape index (κ3) is 3.98. The van der Waals surface area contributed by atoms with Gasteiger partial charge in [-0.1, -0.05) is 42.5 Å². The van der Waals surface area contributed by atoms with Gasteiger partial charge in [-0.25, -0.2) is 4.98 Å². The molecule has 0 amide bonds. The second kappa shape index (κ2) is 9.02. The van der Waals surface area contributed by atoms with E-state index in [-0.39, 0.29) is 5.56 Å². The van der Waals surface area contributed by atoms with Gasteiger partial charge in [-0.05, 0) is 85.3 Å². The van der Waals surface area contributed by atoms with Crippen LogP contribution in [0.5, 0.6) is 0 Å². The van der Waals surface area contributed by atoms with E-state index in [0.29, 0.717) is 16.7 Å². The van der Waals surface area contributed by atoms with Gasteiger partial charge in [0, 0.05) is 31.8 Å². The van der Waals surface area contributed by atoms with E-state index in [2.05, 4.69) is 77.3 Å². The van der Waals surface area contributed by atoms with Crippen LogP contribution in [-0.2, 0) is 0 Å².